The minimum atomic E-state index is -1.94. The minimum absolute atomic E-state index is 0.00587. The molecule has 2 saturated heterocycles. The molecule has 2 aliphatic heterocycles. The number of primary amides is 2. The van der Waals surface area contributed by atoms with Crippen LogP contribution in [0.2, 0.25) is 0 Å². The molecule has 34 N–H and O–H groups in total. The molecule has 2 heterocycles. The third-order valence-electron chi connectivity index (χ3n) is 23.1. The number of carbonyl (C=O) groups excluding carboxylic acids is 21. The number of nitrogens with two attached hydrogens (primary N) is 4. The van der Waals surface area contributed by atoms with Crippen molar-refractivity contribution in [2.75, 3.05) is 52.5 Å². The van der Waals surface area contributed by atoms with Gasteiger partial charge in [0, 0.05) is 45.3 Å². The number of nitrogens with one attached hydrogen (secondary N) is 19. The van der Waals surface area contributed by atoms with Gasteiger partial charge in [-0.1, -0.05) is 83.1 Å². The van der Waals surface area contributed by atoms with Crippen LogP contribution >= 0.6 is 0 Å². The number of aliphatic carboxylic acids is 3. The SMILES string of the molecule is CC(C)C[C@H](NC(=O)[C@@H](NC(=O)[C@H](CC(C)C)NC(=O)[C@@H]1CCCN1C(=O)[C@H](CO)NC(=O)CNC(=O)[C@@H]1CCCN1C(=O)[C@@H](NC(=O)[C@@H](NC(=O)[C@H](CC(C)C)NC(=O)[C@H](CCCNC(=N)N)NC(=O)CNC(=O)CNC(=O)[C@H](CO)NC(=O)[C@H](CCC(=O)O)NC(=O)[C@@H](NC(=O)[C@H](CC(C)C)NC(=O)[C@H](CCC(N)=O)NC(=O)[C@H](CCC(=O)O)NC(=O)[C@@H](N)CCC(N)=O)C(C)C)C(C)C)[C@@H](C)O)[C@@H](C)O)C(=O)O. The highest BCUT2D eigenvalue weighted by atomic mass is 16.4. The van der Waals surface area contributed by atoms with E-state index < -0.39 is 352 Å². The summed E-state index contributed by atoms with van der Waals surface area (Å²) in [5.41, 5.74) is 21.8. The Labute approximate surface area is 844 Å². The lowest BCUT2D eigenvalue weighted by Crippen LogP contribution is -2.62. The van der Waals surface area contributed by atoms with Gasteiger partial charge < -0.3 is 164 Å². The highest BCUT2D eigenvalue weighted by molar-refractivity contribution is 6.02. The third kappa shape index (κ3) is 46.6. The number of amides is 21. The van der Waals surface area contributed by atoms with Crippen molar-refractivity contribution >= 4 is 148 Å². The smallest absolute Gasteiger partial charge is 0.326 e. The summed E-state index contributed by atoms with van der Waals surface area (Å²) >= 11 is 0. The van der Waals surface area contributed by atoms with Gasteiger partial charge in [0.25, 0.3) is 0 Å². The molecule has 0 bridgehead atoms. The zero-order valence-electron chi connectivity index (χ0n) is 85.0. The van der Waals surface area contributed by atoms with E-state index in [4.69, 9.17) is 28.3 Å². The van der Waals surface area contributed by atoms with E-state index in [0.717, 1.165) is 16.7 Å². The summed E-state index contributed by atoms with van der Waals surface area (Å²) < 4.78 is 0. The minimum Gasteiger partial charge on any atom is -0.481 e. The van der Waals surface area contributed by atoms with Gasteiger partial charge >= 0.3 is 17.9 Å². The Bertz CT molecular complexity index is 4540. The molecule has 0 spiro atoms. The van der Waals surface area contributed by atoms with Crippen LogP contribution in [0, 0.1) is 40.9 Å². The molecule has 56 nitrogen and oxygen atoms in total. The molecular formula is C90H153N25O31. The molecule has 21 amide bonds. The van der Waals surface area contributed by atoms with Gasteiger partial charge in [-0.3, -0.25) is 116 Å². The van der Waals surface area contributed by atoms with Crippen molar-refractivity contribution in [3.8, 4) is 0 Å². The molecule has 0 aromatic rings. The van der Waals surface area contributed by atoms with Crippen LogP contribution in [0.5, 0.6) is 0 Å². The van der Waals surface area contributed by atoms with Crippen molar-refractivity contribution in [3.05, 3.63) is 0 Å². The summed E-state index contributed by atoms with van der Waals surface area (Å²) in [7, 11) is 0. The Balaban J connectivity index is 2.26. The van der Waals surface area contributed by atoms with Crippen molar-refractivity contribution in [1.29, 1.82) is 5.41 Å². The second-order valence-electron chi connectivity index (χ2n) is 38.4. The summed E-state index contributed by atoms with van der Waals surface area (Å²) in [4.78, 5) is 325. The van der Waals surface area contributed by atoms with E-state index >= 15 is 0 Å². The van der Waals surface area contributed by atoms with Gasteiger partial charge in [0.15, 0.2) is 5.96 Å². The van der Waals surface area contributed by atoms with E-state index in [1.165, 1.54) is 34.6 Å². The number of carboxylic acid groups (broad SMARTS) is 3. The quantitative estimate of drug-likeness (QED) is 0.0153. The van der Waals surface area contributed by atoms with Crippen LogP contribution in [-0.2, 0) is 115 Å². The monoisotopic (exact) mass is 2080 g/mol. The normalized spacial score (nSPS) is 16.9. The predicted octanol–water partition coefficient (Wildman–Crippen LogP) is -10.7. The highest BCUT2D eigenvalue weighted by Gasteiger charge is 2.45. The highest BCUT2D eigenvalue weighted by Crippen LogP contribution is 2.24. The largest absolute Gasteiger partial charge is 0.481 e. The topological polar surface area (TPSA) is 902 Å². The van der Waals surface area contributed by atoms with Gasteiger partial charge in [-0.15, -0.1) is 0 Å². The molecule has 19 atom stereocenters. The lowest BCUT2D eigenvalue weighted by Gasteiger charge is -2.32. The molecule has 2 rings (SSSR count). The van der Waals surface area contributed by atoms with Crippen LogP contribution in [0.25, 0.3) is 0 Å². The molecule has 2 aliphatic rings. The first-order valence-corrected chi connectivity index (χ1v) is 48.5. The van der Waals surface area contributed by atoms with Crippen molar-refractivity contribution in [3.63, 3.8) is 0 Å². The molecule has 0 aliphatic carbocycles. The maximum atomic E-state index is 14.4. The molecule has 0 aromatic carbocycles. The van der Waals surface area contributed by atoms with Gasteiger partial charge in [-0.2, -0.15) is 0 Å². The number of hydrogen-bond acceptors (Lipinski definition) is 30. The molecule has 56 heteroatoms. The van der Waals surface area contributed by atoms with Crippen molar-refractivity contribution < 1.29 is 151 Å². The van der Waals surface area contributed by atoms with E-state index in [1.54, 1.807) is 55.4 Å². The number of nitrogens with zero attached hydrogens (tertiary/aromatic N) is 2. The van der Waals surface area contributed by atoms with Gasteiger partial charge in [0.05, 0.1) is 51.1 Å². The van der Waals surface area contributed by atoms with E-state index in [2.05, 4.69) is 95.7 Å². The van der Waals surface area contributed by atoms with Crippen LogP contribution in [-0.4, -0.2) is 361 Å². The maximum absolute atomic E-state index is 14.4. The first-order valence-electron chi connectivity index (χ1n) is 48.5. The first-order chi connectivity index (χ1) is 68.1. The lowest BCUT2D eigenvalue weighted by atomic mass is 9.98. The number of guanidine groups is 1. The summed E-state index contributed by atoms with van der Waals surface area (Å²) in [5, 5.41) is 122. The summed E-state index contributed by atoms with van der Waals surface area (Å²) in [6, 6.07) is -26.6. The van der Waals surface area contributed by atoms with E-state index in [-0.39, 0.29) is 114 Å². The average Bonchev–Trinajstić information content (AvgIpc) is 1.18. The van der Waals surface area contributed by atoms with Crippen LogP contribution in [0.15, 0.2) is 0 Å². The number of likely N-dealkylation sites (tertiary alicyclic amines) is 2. The van der Waals surface area contributed by atoms with Gasteiger partial charge in [-0.25, -0.2) is 4.79 Å². The van der Waals surface area contributed by atoms with Gasteiger partial charge in [0.2, 0.25) is 124 Å². The molecule has 0 saturated carbocycles. The molecule has 0 radical (unpaired) electrons. The van der Waals surface area contributed by atoms with E-state index in [1.807, 2.05) is 0 Å². The number of aliphatic hydroxyl groups is 4. The number of hydrogen-bond donors (Lipinski definition) is 30. The Morgan fingerprint density at radius 2 is 0.664 bits per heavy atom. The number of aliphatic hydroxyl groups excluding tert-OH is 4. The summed E-state index contributed by atoms with van der Waals surface area (Å²) in [5.74, 6) is -28.8. The second kappa shape index (κ2) is 64.3. The summed E-state index contributed by atoms with van der Waals surface area (Å²) in [6.45, 7) is 16.8. The summed E-state index contributed by atoms with van der Waals surface area (Å²) in [6.07, 6.45) is -7.48. The Morgan fingerprint density at radius 1 is 0.329 bits per heavy atom. The predicted molar refractivity (Wildman–Crippen MR) is 516 cm³/mol. The lowest BCUT2D eigenvalue weighted by molar-refractivity contribution is -0.145. The van der Waals surface area contributed by atoms with Crippen molar-refractivity contribution in [1.82, 2.24) is 106 Å². The van der Waals surface area contributed by atoms with Gasteiger partial charge in [0.1, 0.15) is 96.7 Å². The second-order valence-corrected chi connectivity index (χ2v) is 38.4. The molecular weight excluding hydrogens is 1930 g/mol. The zero-order chi connectivity index (χ0) is 111. The fourth-order valence-corrected chi connectivity index (χ4v) is 15.4. The fourth-order valence-electron chi connectivity index (χ4n) is 15.4. The van der Waals surface area contributed by atoms with Crippen LogP contribution in [0.1, 0.15) is 213 Å². The molecule has 2 fully saturated rings. The number of carbonyl (C=O) groups is 24. The van der Waals surface area contributed by atoms with E-state index in [0.29, 0.717) is 0 Å². The number of rotatable bonds is 67. The van der Waals surface area contributed by atoms with Crippen molar-refractivity contribution in [2.24, 2.45) is 58.4 Å². The molecule has 146 heavy (non-hydrogen) atoms. The zero-order valence-corrected chi connectivity index (χ0v) is 85.0. The fraction of sp³-hybridized carbons (Fsp3) is 0.722. The standard InChI is InChI=1S/C90H153N25O31/c1-41(2)32-54(80(136)111-70(46(11)12)85(141)113-72(48(14)119)88(144)115-31-16-19-60(115)82(138)99-38-66(124)101-59(40-117)87(143)114-30-17-20-61(114)83(139)107-56(34-43(5)6)81(137)112-71(47(13)118)86(142)108-57(89(145)146)35-44(7)8)105-75(131)50(18-15-29-96-90(94)95)100-65(123)37-97-64(122)36-98-74(130)58(39-116)109-78(134)53(24-28-68(127)128)104-84(140)69(45(9)10)110-79(135)55(33-42(3)4)106-77(133)51(22-26-63(93)121)103-76(132)52(23-27-67(125)126)102-73(129)49(91)21-25-62(92)120/h41-61,69-72,116-119H,15-40,91H2,1-14H3,(H2,92,120)(H2,93,121)(H,97,122)(H,98,130)(H,99,138)(H,100,123)(H,101,124)(H,102,129)(H,103,132)(H,104,140)(H,105,131)(H,106,133)(H,107,139)(H,108,142)(H,109,134)(H,110,135)(H,111,136)(H,112,137)(H,113,141)(H,125,126)(H,127,128)(H,145,146)(H4,94,95,96)/t47-,48-,49+,50+,51+,52+,53+,54+,55+,56+,57+,58+,59+,60+,61+,69+,70+,71+,72+/m1/s1. The Kier molecular flexibility index (Phi) is 56.5. The van der Waals surface area contributed by atoms with Crippen LogP contribution < -0.4 is 119 Å². The molecule has 0 aromatic heterocycles. The van der Waals surface area contributed by atoms with Crippen LogP contribution in [0.3, 0.4) is 0 Å². The molecule has 0 unspecified atom stereocenters. The third-order valence-corrected chi connectivity index (χ3v) is 23.1. The average molecular weight is 2080 g/mol. The molecule has 824 valence electrons. The Hall–Kier alpha value is -13.6. The van der Waals surface area contributed by atoms with Crippen molar-refractivity contribution in [2.45, 2.75) is 327 Å². The van der Waals surface area contributed by atoms with Gasteiger partial charge in [-0.05, 0) is 139 Å². The first kappa shape index (κ1) is 128. The maximum Gasteiger partial charge on any atom is 0.326 e. The Morgan fingerprint density at radius 3 is 1.08 bits per heavy atom. The van der Waals surface area contributed by atoms with Crippen LogP contribution in [0.4, 0.5) is 0 Å². The number of carboxylic acids is 3. The van der Waals surface area contributed by atoms with E-state index in [9.17, 15) is 151 Å².